The lowest BCUT2D eigenvalue weighted by atomic mass is 9.44. The molecule has 6 aliphatic rings. The third-order valence-electron chi connectivity index (χ3n) is 11.8. The van der Waals surface area contributed by atoms with E-state index in [1.165, 1.54) is 5.57 Å². The highest BCUT2D eigenvalue weighted by molar-refractivity contribution is 5.33. The molecule has 0 radical (unpaired) electrons. The highest BCUT2D eigenvalue weighted by atomic mass is 16.7. The summed E-state index contributed by atoms with van der Waals surface area (Å²) in [6.45, 7) is 9.49. The topological polar surface area (TPSA) is 79.2 Å². The molecular weight excluding hydrogens is 404 g/mol. The Hall–Kier alpha value is -0.460. The van der Waals surface area contributed by atoms with Crippen molar-refractivity contribution in [1.29, 1.82) is 0 Å². The monoisotopic (exact) mass is 446 g/mol. The van der Waals surface area contributed by atoms with Gasteiger partial charge in [-0.05, 0) is 68.1 Å². The summed E-state index contributed by atoms with van der Waals surface area (Å²) >= 11 is 0. The smallest absolute Gasteiger partial charge is 0.174 e. The minimum atomic E-state index is -1.08. The first-order chi connectivity index (χ1) is 15.0. The summed E-state index contributed by atoms with van der Waals surface area (Å²) in [6, 6.07) is 0. The Kier molecular flexibility index (Phi) is 4.54. The normalized spacial score (nSPS) is 61.5. The van der Waals surface area contributed by atoms with Gasteiger partial charge in [0.15, 0.2) is 5.79 Å². The predicted octanol–water partition coefficient (Wildman–Crippen LogP) is 3.94. The number of rotatable bonds is 0. The number of aliphatic hydroxyl groups excluding tert-OH is 1. The van der Waals surface area contributed by atoms with E-state index < -0.39 is 22.4 Å². The van der Waals surface area contributed by atoms with Gasteiger partial charge in [-0.15, -0.1) is 0 Å². The lowest BCUT2D eigenvalue weighted by Gasteiger charge is -2.62. The Morgan fingerprint density at radius 3 is 2.50 bits per heavy atom. The standard InChI is InChI=1S/C27H42O5/c1-16-7-12-26(31-15-16)17(2)27(30)22(32-26)14-25(29)21-6-5-18-13-19(28)8-10-23(18,3)20(21)9-11-24(25,27)4/h5,16-17,19-22,28-30H,6-15H2,1-4H3. The first kappa shape index (κ1) is 22.0. The molecule has 0 aromatic heterocycles. The van der Waals surface area contributed by atoms with Crippen LogP contribution in [-0.4, -0.2) is 51.1 Å². The molecule has 11 unspecified atom stereocenters. The maximum atomic E-state index is 12.5. The van der Waals surface area contributed by atoms with Gasteiger partial charge < -0.3 is 24.8 Å². The van der Waals surface area contributed by atoms with Crippen LogP contribution in [-0.2, 0) is 9.47 Å². The van der Waals surface area contributed by atoms with Crippen LogP contribution in [0.5, 0.6) is 0 Å². The maximum absolute atomic E-state index is 12.5. The lowest BCUT2D eigenvalue weighted by Crippen LogP contribution is -2.66. The minimum absolute atomic E-state index is 0.0514. The number of ether oxygens (including phenoxy) is 2. The molecular formula is C27H42O5. The zero-order valence-electron chi connectivity index (χ0n) is 20.3. The quantitative estimate of drug-likeness (QED) is 0.491. The second-order valence-electron chi connectivity index (χ2n) is 12.9. The molecule has 0 amide bonds. The van der Waals surface area contributed by atoms with E-state index in [1.54, 1.807) is 0 Å². The number of allylic oxidation sites excluding steroid dienone is 1. The van der Waals surface area contributed by atoms with E-state index >= 15 is 0 Å². The molecule has 4 aliphatic carbocycles. The van der Waals surface area contributed by atoms with E-state index in [0.717, 1.165) is 51.4 Å². The zero-order valence-corrected chi connectivity index (χ0v) is 20.3. The fraction of sp³-hybridized carbons (Fsp3) is 0.926. The SMILES string of the molecule is CC1CCC2(OC1)OC1CC3(O)C4CC=C5CC(O)CCC5(C)C4CCC3(C)C1(O)C2C. The van der Waals surface area contributed by atoms with Crippen LogP contribution < -0.4 is 0 Å². The van der Waals surface area contributed by atoms with Gasteiger partial charge in [-0.25, -0.2) is 0 Å². The molecule has 2 saturated heterocycles. The van der Waals surface area contributed by atoms with Crippen LogP contribution in [0.3, 0.4) is 0 Å². The molecule has 32 heavy (non-hydrogen) atoms. The molecule has 0 bridgehead atoms. The molecule has 5 fully saturated rings. The molecule has 3 N–H and O–H groups in total. The second-order valence-corrected chi connectivity index (χ2v) is 12.9. The fourth-order valence-electron chi connectivity index (χ4n) is 9.56. The second kappa shape index (κ2) is 6.60. The number of aliphatic hydroxyl groups is 3. The molecule has 2 heterocycles. The summed E-state index contributed by atoms with van der Waals surface area (Å²) in [4.78, 5) is 0. The Bertz CT molecular complexity index is 832. The number of hydrogen-bond acceptors (Lipinski definition) is 5. The highest BCUT2D eigenvalue weighted by Crippen LogP contribution is 2.73. The molecule has 0 aromatic carbocycles. The van der Waals surface area contributed by atoms with E-state index in [0.29, 0.717) is 24.9 Å². The molecule has 180 valence electrons. The molecule has 3 saturated carbocycles. The average Bonchev–Trinajstić information content (AvgIpc) is 3.07. The highest BCUT2D eigenvalue weighted by Gasteiger charge is 2.81. The van der Waals surface area contributed by atoms with E-state index in [4.69, 9.17) is 9.47 Å². The van der Waals surface area contributed by atoms with Gasteiger partial charge >= 0.3 is 0 Å². The maximum Gasteiger partial charge on any atom is 0.174 e. The van der Waals surface area contributed by atoms with Gasteiger partial charge in [0.25, 0.3) is 0 Å². The van der Waals surface area contributed by atoms with E-state index in [1.807, 2.05) is 0 Å². The lowest BCUT2D eigenvalue weighted by molar-refractivity contribution is -0.285. The summed E-state index contributed by atoms with van der Waals surface area (Å²) in [5, 5.41) is 35.1. The van der Waals surface area contributed by atoms with Crippen LogP contribution in [0.2, 0.25) is 0 Å². The molecule has 0 aromatic rings. The van der Waals surface area contributed by atoms with Crippen LogP contribution in [0, 0.1) is 34.5 Å². The molecule has 11 atom stereocenters. The molecule has 5 nitrogen and oxygen atoms in total. The van der Waals surface area contributed by atoms with Crippen molar-refractivity contribution in [3.8, 4) is 0 Å². The van der Waals surface area contributed by atoms with Gasteiger partial charge in [0.2, 0.25) is 0 Å². The van der Waals surface area contributed by atoms with Crippen molar-refractivity contribution >= 4 is 0 Å². The van der Waals surface area contributed by atoms with Crippen molar-refractivity contribution in [3.05, 3.63) is 11.6 Å². The molecule has 1 spiro atoms. The number of hydrogen-bond donors (Lipinski definition) is 3. The minimum Gasteiger partial charge on any atom is -0.393 e. The number of fused-ring (bicyclic) bond motifs is 7. The van der Waals surface area contributed by atoms with Crippen molar-refractivity contribution in [2.24, 2.45) is 34.5 Å². The van der Waals surface area contributed by atoms with Gasteiger partial charge in [0.05, 0.1) is 24.4 Å². The van der Waals surface area contributed by atoms with E-state index in [-0.39, 0.29) is 29.5 Å². The molecule has 2 aliphatic heterocycles. The Morgan fingerprint density at radius 2 is 1.78 bits per heavy atom. The van der Waals surface area contributed by atoms with Crippen LogP contribution in [0.4, 0.5) is 0 Å². The summed E-state index contributed by atoms with van der Waals surface area (Å²) in [6.07, 6.45) is 9.36. The third kappa shape index (κ3) is 2.38. The van der Waals surface area contributed by atoms with Crippen LogP contribution in [0.15, 0.2) is 11.6 Å². The molecule has 6 rings (SSSR count). The summed E-state index contributed by atoms with van der Waals surface area (Å²) in [7, 11) is 0. The Labute approximate surface area is 192 Å². The first-order valence-electron chi connectivity index (χ1n) is 13.1. The van der Waals surface area contributed by atoms with Crippen molar-refractivity contribution in [3.63, 3.8) is 0 Å². The zero-order chi connectivity index (χ0) is 22.7. The van der Waals surface area contributed by atoms with Gasteiger partial charge in [0.1, 0.15) is 5.60 Å². The van der Waals surface area contributed by atoms with E-state index in [9.17, 15) is 15.3 Å². The van der Waals surface area contributed by atoms with Crippen LogP contribution >= 0.6 is 0 Å². The van der Waals surface area contributed by atoms with Crippen molar-refractivity contribution in [1.82, 2.24) is 0 Å². The summed E-state index contributed by atoms with van der Waals surface area (Å²) in [5.41, 5.74) is -1.20. The third-order valence-corrected chi connectivity index (χ3v) is 11.8. The van der Waals surface area contributed by atoms with Crippen LogP contribution in [0.25, 0.3) is 0 Å². The van der Waals surface area contributed by atoms with Gasteiger partial charge in [-0.3, -0.25) is 0 Å². The van der Waals surface area contributed by atoms with Gasteiger partial charge in [-0.2, -0.15) is 0 Å². The van der Waals surface area contributed by atoms with E-state index in [2.05, 4.69) is 33.8 Å². The Morgan fingerprint density at radius 1 is 1.00 bits per heavy atom. The Balaban J connectivity index is 1.36. The fourth-order valence-corrected chi connectivity index (χ4v) is 9.56. The average molecular weight is 447 g/mol. The largest absolute Gasteiger partial charge is 0.393 e. The summed E-state index contributed by atoms with van der Waals surface area (Å²) in [5.74, 6) is 0.161. The molecule has 5 heteroatoms. The van der Waals surface area contributed by atoms with Gasteiger partial charge in [0, 0.05) is 24.2 Å². The predicted molar refractivity (Wildman–Crippen MR) is 121 cm³/mol. The van der Waals surface area contributed by atoms with Gasteiger partial charge in [-0.1, -0.05) is 39.3 Å². The van der Waals surface area contributed by atoms with Crippen molar-refractivity contribution < 1.29 is 24.8 Å². The van der Waals surface area contributed by atoms with Crippen molar-refractivity contribution in [2.45, 2.75) is 115 Å². The summed E-state index contributed by atoms with van der Waals surface area (Å²) < 4.78 is 13.0. The first-order valence-corrected chi connectivity index (χ1v) is 13.1. The van der Waals surface area contributed by atoms with Crippen LogP contribution in [0.1, 0.15) is 85.5 Å². The van der Waals surface area contributed by atoms with Crippen molar-refractivity contribution in [2.75, 3.05) is 6.61 Å².